The maximum atomic E-state index is 9.12. The summed E-state index contributed by atoms with van der Waals surface area (Å²) >= 11 is 0. The van der Waals surface area contributed by atoms with Crippen molar-refractivity contribution in [1.29, 1.82) is 0 Å². The molecule has 1 aliphatic rings. The number of aliphatic hydroxyl groups is 2. The second-order valence-electron chi connectivity index (χ2n) is 4.57. The van der Waals surface area contributed by atoms with Gasteiger partial charge in [-0.3, -0.25) is 4.90 Å². The van der Waals surface area contributed by atoms with Crippen molar-refractivity contribution in [2.24, 2.45) is 0 Å². The quantitative estimate of drug-likeness (QED) is 0.765. The van der Waals surface area contributed by atoms with Crippen LogP contribution in [0.25, 0.3) is 0 Å². The Labute approximate surface area is 113 Å². The van der Waals surface area contributed by atoms with Gasteiger partial charge in [-0.15, -0.1) is 0 Å². The Bertz CT molecular complexity index is 464. The predicted octanol–water partition coefficient (Wildman–Crippen LogP) is 0.223. The fourth-order valence-electron chi connectivity index (χ4n) is 2.18. The van der Waals surface area contributed by atoms with Gasteiger partial charge >= 0.3 is 0 Å². The Kier molecular flexibility index (Phi) is 5.37. The summed E-state index contributed by atoms with van der Waals surface area (Å²) in [6.07, 6.45) is -0.0777. The van der Waals surface area contributed by atoms with E-state index in [2.05, 4.69) is 22.8 Å². The average Bonchev–Trinajstić information content (AvgIpc) is 2.46. The third kappa shape index (κ3) is 4.34. The standard InChI is InChI=1S/C15H19NO3/c17-7-2-5-13-3-1-4-14(9-13)10-16-6-8-19-15(11-16)12-18/h1,3-4,9,15,17-18H,6-8,10-12H2. The minimum Gasteiger partial charge on any atom is -0.394 e. The van der Waals surface area contributed by atoms with Crippen LogP contribution in [0.5, 0.6) is 0 Å². The van der Waals surface area contributed by atoms with E-state index in [1.54, 1.807) is 0 Å². The van der Waals surface area contributed by atoms with Crippen LogP contribution in [-0.2, 0) is 11.3 Å². The molecule has 102 valence electrons. The Hall–Kier alpha value is -1.38. The smallest absolute Gasteiger partial charge is 0.104 e. The highest BCUT2D eigenvalue weighted by Crippen LogP contribution is 2.11. The molecular formula is C15H19NO3. The molecule has 0 bridgehead atoms. The molecule has 2 rings (SSSR count). The molecule has 0 radical (unpaired) electrons. The number of benzene rings is 1. The Morgan fingerprint density at radius 3 is 3.05 bits per heavy atom. The molecule has 1 aromatic carbocycles. The summed E-state index contributed by atoms with van der Waals surface area (Å²) < 4.78 is 5.43. The molecule has 0 aliphatic carbocycles. The van der Waals surface area contributed by atoms with Crippen molar-refractivity contribution in [3.05, 3.63) is 35.4 Å². The van der Waals surface area contributed by atoms with Crippen molar-refractivity contribution in [3.8, 4) is 11.8 Å². The van der Waals surface area contributed by atoms with Crippen molar-refractivity contribution >= 4 is 0 Å². The van der Waals surface area contributed by atoms with Gasteiger partial charge in [0.2, 0.25) is 0 Å². The molecule has 1 atom stereocenters. The van der Waals surface area contributed by atoms with Crippen LogP contribution in [0.15, 0.2) is 24.3 Å². The first kappa shape index (κ1) is 14.0. The maximum absolute atomic E-state index is 9.12. The summed E-state index contributed by atoms with van der Waals surface area (Å²) in [4.78, 5) is 2.27. The van der Waals surface area contributed by atoms with E-state index in [0.29, 0.717) is 6.61 Å². The van der Waals surface area contributed by atoms with Crippen LogP contribution < -0.4 is 0 Å². The van der Waals surface area contributed by atoms with E-state index < -0.39 is 0 Å². The molecule has 1 fully saturated rings. The molecule has 0 aromatic heterocycles. The summed E-state index contributed by atoms with van der Waals surface area (Å²) in [5, 5.41) is 17.8. The molecule has 4 heteroatoms. The zero-order valence-electron chi connectivity index (χ0n) is 10.9. The number of rotatable bonds is 3. The zero-order chi connectivity index (χ0) is 13.5. The fourth-order valence-corrected chi connectivity index (χ4v) is 2.18. The lowest BCUT2D eigenvalue weighted by molar-refractivity contribution is -0.0551. The van der Waals surface area contributed by atoms with E-state index >= 15 is 0 Å². The molecule has 0 saturated carbocycles. The van der Waals surface area contributed by atoms with E-state index in [0.717, 1.165) is 25.2 Å². The van der Waals surface area contributed by atoms with Gasteiger partial charge in [0, 0.05) is 25.2 Å². The molecule has 1 aromatic rings. The molecule has 1 aliphatic heterocycles. The van der Waals surface area contributed by atoms with E-state index in [-0.39, 0.29) is 19.3 Å². The normalized spacial score (nSPS) is 19.8. The number of nitrogens with zero attached hydrogens (tertiary/aromatic N) is 1. The van der Waals surface area contributed by atoms with Crippen molar-refractivity contribution in [1.82, 2.24) is 4.90 Å². The largest absolute Gasteiger partial charge is 0.394 e. The van der Waals surface area contributed by atoms with Gasteiger partial charge in [0.25, 0.3) is 0 Å². The van der Waals surface area contributed by atoms with Crippen LogP contribution in [0, 0.1) is 11.8 Å². The lowest BCUT2D eigenvalue weighted by Gasteiger charge is -2.32. The lowest BCUT2D eigenvalue weighted by atomic mass is 10.1. The Morgan fingerprint density at radius 1 is 1.37 bits per heavy atom. The molecule has 0 spiro atoms. The zero-order valence-corrected chi connectivity index (χ0v) is 10.9. The molecule has 2 N–H and O–H groups in total. The number of morpholine rings is 1. The van der Waals surface area contributed by atoms with Gasteiger partial charge in [-0.25, -0.2) is 0 Å². The van der Waals surface area contributed by atoms with Gasteiger partial charge in [0.05, 0.1) is 19.3 Å². The summed E-state index contributed by atoms with van der Waals surface area (Å²) in [6, 6.07) is 8.00. The highest BCUT2D eigenvalue weighted by Gasteiger charge is 2.19. The molecular weight excluding hydrogens is 242 g/mol. The third-order valence-electron chi connectivity index (χ3n) is 3.07. The van der Waals surface area contributed by atoms with Gasteiger partial charge in [0.1, 0.15) is 6.61 Å². The maximum Gasteiger partial charge on any atom is 0.104 e. The summed E-state index contributed by atoms with van der Waals surface area (Å²) in [5.74, 6) is 5.56. The molecule has 1 saturated heterocycles. The summed E-state index contributed by atoms with van der Waals surface area (Å²) in [7, 11) is 0. The van der Waals surface area contributed by atoms with Crippen LogP contribution in [0.2, 0.25) is 0 Å². The molecule has 4 nitrogen and oxygen atoms in total. The van der Waals surface area contributed by atoms with Crippen LogP contribution in [0.1, 0.15) is 11.1 Å². The molecule has 19 heavy (non-hydrogen) atoms. The van der Waals surface area contributed by atoms with Crippen LogP contribution in [-0.4, -0.2) is 54.1 Å². The average molecular weight is 261 g/mol. The Morgan fingerprint density at radius 2 is 2.26 bits per heavy atom. The minimum absolute atomic E-state index is 0.0680. The van der Waals surface area contributed by atoms with Gasteiger partial charge in [0.15, 0.2) is 0 Å². The minimum atomic E-state index is -0.119. The van der Waals surface area contributed by atoms with E-state index in [4.69, 9.17) is 14.9 Å². The SMILES string of the molecule is OCC#Cc1cccc(CN2CCOC(CO)C2)c1. The first-order valence-corrected chi connectivity index (χ1v) is 6.45. The van der Waals surface area contributed by atoms with Crippen molar-refractivity contribution < 1.29 is 14.9 Å². The second kappa shape index (κ2) is 7.27. The molecule has 0 amide bonds. The van der Waals surface area contributed by atoms with Gasteiger partial charge in [-0.1, -0.05) is 24.0 Å². The molecule has 1 unspecified atom stereocenters. The number of ether oxygens (including phenoxy) is 1. The molecule has 1 heterocycles. The number of hydrogen-bond donors (Lipinski definition) is 2. The van der Waals surface area contributed by atoms with Crippen LogP contribution >= 0.6 is 0 Å². The number of hydrogen-bond acceptors (Lipinski definition) is 4. The monoisotopic (exact) mass is 261 g/mol. The lowest BCUT2D eigenvalue weighted by Crippen LogP contribution is -2.43. The van der Waals surface area contributed by atoms with Gasteiger partial charge in [-0.2, -0.15) is 0 Å². The highest BCUT2D eigenvalue weighted by atomic mass is 16.5. The second-order valence-corrected chi connectivity index (χ2v) is 4.57. The van der Waals surface area contributed by atoms with Gasteiger partial charge < -0.3 is 14.9 Å². The fraction of sp³-hybridized carbons (Fsp3) is 0.467. The first-order valence-electron chi connectivity index (χ1n) is 6.45. The highest BCUT2D eigenvalue weighted by molar-refractivity contribution is 5.37. The van der Waals surface area contributed by atoms with Crippen LogP contribution in [0.4, 0.5) is 0 Å². The summed E-state index contributed by atoms with van der Waals surface area (Å²) in [6.45, 7) is 3.07. The van der Waals surface area contributed by atoms with Crippen LogP contribution in [0.3, 0.4) is 0 Å². The first-order chi connectivity index (χ1) is 9.31. The van der Waals surface area contributed by atoms with E-state index in [1.807, 2.05) is 18.2 Å². The Balaban J connectivity index is 1.98. The summed E-state index contributed by atoms with van der Waals surface area (Å²) in [5.41, 5.74) is 2.10. The topological polar surface area (TPSA) is 52.9 Å². The van der Waals surface area contributed by atoms with Crippen molar-refractivity contribution in [2.75, 3.05) is 32.9 Å². The number of aliphatic hydroxyl groups excluding tert-OH is 2. The van der Waals surface area contributed by atoms with Crippen molar-refractivity contribution in [3.63, 3.8) is 0 Å². The van der Waals surface area contributed by atoms with E-state index in [9.17, 15) is 0 Å². The predicted molar refractivity (Wildman–Crippen MR) is 72.5 cm³/mol. The third-order valence-corrected chi connectivity index (χ3v) is 3.07. The van der Waals surface area contributed by atoms with Crippen molar-refractivity contribution in [2.45, 2.75) is 12.6 Å². The van der Waals surface area contributed by atoms with Gasteiger partial charge in [-0.05, 0) is 17.7 Å². The van der Waals surface area contributed by atoms with E-state index in [1.165, 1.54) is 5.56 Å².